The molecule has 2 rings (SSSR count). The summed E-state index contributed by atoms with van der Waals surface area (Å²) in [6.45, 7) is 2.09. The van der Waals surface area contributed by atoms with E-state index in [0.717, 1.165) is 25.4 Å². The van der Waals surface area contributed by atoms with Crippen LogP contribution in [0.15, 0.2) is 52.3 Å². The zero-order chi connectivity index (χ0) is 13.8. The predicted molar refractivity (Wildman–Crippen MR) is 84.5 cm³/mol. The summed E-state index contributed by atoms with van der Waals surface area (Å²) in [6, 6.07) is 14.2. The molecule has 0 aliphatic heterocycles. The van der Waals surface area contributed by atoms with Crippen LogP contribution < -0.4 is 5.32 Å². The van der Waals surface area contributed by atoms with E-state index >= 15 is 0 Å². The molecule has 1 unspecified atom stereocenters. The van der Waals surface area contributed by atoms with Crippen molar-refractivity contribution in [3.63, 3.8) is 0 Å². The topological polar surface area (TPSA) is 12.0 Å². The van der Waals surface area contributed by atoms with E-state index in [1.807, 2.05) is 37.4 Å². The maximum Gasteiger partial charge on any atom is 0.0545 e. The molecular weight excluding hydrogens is 297 g/mol. The van der Waals surface area contributed by atoms with Gasteiger partial charge in [-0.2, -0.15) is 0 Å². The summed E-state index contributed by atoms with van der Waals surface area (Å²) >= 11 is 14.1. The third kappa shape index (κ3) is 3.67. The summed E-state index contributed by atoms with van der Waals surface area (Å²) in [5, 5.41) is 4.73. The third-order valence-corrected chi connectivity index (χ3v) is 4.77. The molecule has 0 fully saturated rings. The fraction of sp³-hybridized carbons (Fsp3) is 0.200. The summed E-state index contributed by atoms with van der Waals surface area (Å²) in [7, 11) is 1.92. The average Bonchev–Trinajstić information content (AvgIpc) is 2.41. The van der Waals surface area contributed by atoms with Crippen molar-refractivity contribution in [1.82, 2.24) is 5.32 Å². The lowest BCUT2D eigenvalue weighted by Crippen LogP contribution is -2.12. The van der Waals surface area contributed by atoms with Gasteiger partial charge in [-0.3, -0.25) is 0 Å². The first-order valence-corrected chi connectivity index (χ1v) is 7.58. The average molecular weight is 312 g/mol. The highest BCUT2D eigenvalue weighted by molar-refractivity contribution is 7.99. The lowest BCUT2D eigenvalue weighted by Gasteiger charge is -2.13. The SMILES string of the molecule is CNC(C)c1ccc(Sc2ccccc2Cl)cc1Cl. The Kier molecular flexibility index (Phi) is 5.17. The Balaban J connectivity index is 2.24. The molecule has 1 nitrogen and oxygen atoms in total. The second-order valence-electron chi connectivity index (χ2n) is 4.23. The van der Waals surface area contributed by atoms with Crippen molar-refractivity contribution in [2.75, 3.05) is 7.05 Å². The number of hydrogen-bond donors (Lipinski definition) is 1. The van der Waals surface area contributed by atoms with Gasteiger partial charge in [0.2, 0.25) is 0 Å². The molecule has 4 heteroatoms. The Hall–Kier alpha value is -0.670. The third-order valence-electron chi connectivity index (χ3n) is 2.94. The first-order chi connectivity index (χ1) is 9.11. The number of halogens is 2. The van der Waals surface area contributed by atoms with Crippen LogP contribution in [0.4, 0.5) is 0 Å². The van der Waals surface area contributed by atoms with Gasteiger partial charge in [0, 0.05) is 20.9 Å². The van der Waals surface area contributed by atoms with Crippen LogP contribution in [-0.2, 0) is 0 Å². The molecule has 0 saturated carbocycles. The van der Waals surface area contributed by atoms with Crippen molar-refractivity contribution >= 4 is 35.0 Å². The standard InChI is InChI=1S/C15H15Cl2NS/c1-10(18-2)12-8-7-11(9-14(12)17)19-15-6-4-3-5-13(15)16/h3-10,18H,1-2H3. The van der Waals surface area contributed by atoms with Crippen LogP contribution in [-0.4, -0.2) is 7.05 Å². The van der Waals surface area contributed by atoms with Gasteiger partial charge in [-0.15, -0.1) is 0 Å². The minimum Gasteiger partial charge on any atom is -0.313 e. The van der Waals surface area contributed by atoms with Gasteiger partial charge in [0.1, 0.15) is 0 Å². The van der Waals surface area contributed by atoms with E-state index in [9.17, 15) is 0 Å². The molecule has 0 aliphatic carbocycles. The van der Waals surface area contributed by atoms with Crippen molar-refractivity contribution < 1.29 is 0 Å². The minimum absolute atomic E-state index is 0.242. The lowest BCUT2D eigenvalue weighted by molar-refractivity contribution is 0.652. The van der Waals surface area contributed by atoms with Gasteiger partial charge in [0.25, 0.3) is 0 Å². The van der Waals surface area contributed by atoms with E-state index < -0.39 is 0 Å². The molecular formula is C15H15Cl2NS. The summed E-state index contributed by atoms with van der Waals surface area (Å²) in [6.07, 6.45) is 0. The summed E-state index contributed by atoms with van der Waals surface area (Å²) in [4.78, 5) is 2.12. The molecule has 0 spiro atoms. The maximum absolute atomic E-state index is 6.32. The molecule has 2 aromatic rings. The molecule has 2 aromatic carbocycles. The smallest absolute Gasteiger partial charge is 0.0545 e. The van der Waals surface area contributed by atoms with Crippen LogP contribution in [0, 0.1) is 0 Å². The van der Waals surface area contributed by atoms with Gasteiger partial charge >= 0.3 is 0 Å². The Bertz CT molecular complexity index is 572. The molecule has 0 heterocycles. The Morgan fingerprint density at radius 1 is 1.05 bits per heavy atom. The largest absolute Gasteiger partial charge is 0.313 e. The van der Waals surface area contributed by atoms with Gasteiger partial charge < -0.3 is 5.32 Å². The van der Waals surface area contributed by atoms with Crippen LogP contribution in [0.3, 0.4) is 0 Å². The van der Waals surface area contributed by atoms with E-state index in [1.54, 1.807) is 11.8 Å². The number of nitrogens with one attached hydrogen (secondary N) is 1. The summed E-state index contributed by atoms with van der Waals surface area (Å²) in [5.74, 6) is 0. The number of rotatable bonds is 4. The zero-order valence-corrected chi connectivity index (χ0v) is 13.1. The predicted octanol–water partition coefficient (Wildman–Crippen LogP) is 5.43. The minimum atomic E-state index is 0.242. The van der Waals surface area contributed by atoms with Gasteiger partial charge in [-0.05, 0) is 43.8 Å². The van der Waals surface area contributed by atoms with Gasteiger partial charge in [0.05, 0.1) is 5.02 Å². The van der Waals surface area contributed by atoms with Crippen molar-refractivity contribution in [1.29, 1.82) is 0 Å². The maximum atomic E-state index is 6.32. The van der Waals surface area contributed by atoms with Gasteiger partial charge in [-0.25, -0.2) is 0 Å². The zero-order valence-electron chi connectivity index (χ0n) is 10.8. The molecule has 19 heavy (non-hydrogen) atoms. The highest BCUT2D eigenvalue weighted by Crippen LogP contribution is 2.35. The molecule has 1 atom stereocenters. The highest BCUT2D eigenvalue weighted by Gasteiger charge is 2.09. The molecule has 0 amide bonds. The monoisotopic (exact) mass is 311 g/mol. The van der Waals surface area contributed by atoms with Crippen LogP contribution in [0.2, 0.25) is 10.0 Å². The van der Waals surface area contributed by atoms with Crippen LogP contribution in [0.25, 0.3) is 0 Å². The highest BCUT2D eigenvalue weighted by atomic mass is 35.5. The van der Waals surface area contributed by atoms with E-state index in [1.165, 1.54) is 0 Å². The van der Waals surface area contributed by atoms with E-state index in [-0.39, 0.29) is 6.04 Å². The van der Waals surface area contributed by atoms with Crippen molar-refractivity contribution in [2.45, 2.75) is 22.8 Å². The molecule has 1 N–H and O–H groups in total. The lowest BCUT2D eigenvalue weighted by atomic mass is 10.1. The van der Waals surface area contributed by atoms with E-state index in [4.69, 9.17) is 23.2 Å². The molecule has 0 aromatic heterocycles. The molecule has 0 bridgehead atoms. The quantitative estimate of drug-likeness (QED) is 0.808. The summed E-state index contributed by atoms with van der Waals surface area (Å²) in [5.41, 5.74) is 1.10. The molecule has 0 saturated heterocycles. The Labute approximate surface area is 128 Å². The second-order valence-corrected chi connectivity index (χ2v) is 6.16. The van der Waals surface area contributed by atoms with Crippen LogP contribution in [0.1, 0.15) is 18.5 Å². The first-order valence-electron chi connectivity index (χ1n) is 6.01. The van der Waals surface area contributed by atoms with E-state index in [0.29, 0.717) is 0 Å². The normalized spacial score (nSPS) is 12.4. The Morgan fingerprint density at radius 3 is 2.42 bits per heavy atom. The molecule has 0 radical (unpaired) electrons. The fourth-order valence-electron chi connectivity index (χ4n) is 1.73. The van der Waals surface area contributed by atoms with Crippen molar-refractivity contribution in [3.8, 4) is 0 Å². The van der Waals surface area contributed by atoms with Crippen molar-refractivity contribution in [3.05, 3.63) is 58.1 Å². The van der Waals surface area contributed by atoms with Crippen molar-refractivity contribution in [2.24, 2.45) is 0 Å². The molecule has 100 valence electrons. The number of hydrogen-bond acceptors (Lipinski definition) is 2. The van der Waals surface area contributed by atoms with Crippen LogP contribution in [0.5, 0.6) is 0 Å². The molecule has 0 aliphatic rings. The first kappa shape index (κ1) is 14.7. The van der Waals surface area contributed by atoms with E-state index in [2.05, 4.69) is 24.4 Å². The second kappa shape index (κ2) is 6.67. The Morgan fingerprint density at radius 2 is 1.79 bits per heavy atom. The number of benzene rings is 2. The van der Waals surface area contributed by atoms with Crippen LogP contribution >= 0.6 is 35.0 Å². The fourth-order valence-corrected chi connectivity index (χ4v) is 3.27. The van der Waals surface area contributed by atoms with Gasteiger partial charge in [-0.1, -0.05) is 53.2 Å². The van der Waals surface area contributed by atoms with Gasteiger partial charge in [0.15, 0.2) is 0 Å². The summed E-state index contributed by atoms with van der Waals surface area (Å²) < 4.78 is 0.